The summed E-state index contributed by atoms with van der Waals surface area (Å²) in [6.45, 7) is 2.03. The zero-order valence-corrected chi connectivity index (χ0v) is 19.5. The molecular weight excluding hydrogens is 440 g/mol. The smallest absolute Gasteiger partial charge is 0.320 e. The lowest BCUT2D eigenvalue weighted by Crippen LogP contribution is -2.49. The first-order valence-corrected chi connectivity index (χ1v) is 10.5. The molecule has 0 rings (SSSR count). The summed E-state index contributed by atoms with van der Waals surface area (Å²) in [4.78, 5) is 62.5. The van der Waals surface area contributed by atoms with Crippen molar-refractivity contribution in [3.63, 3.8) is 0 Å². The summed E-state index contributed by atoms with van der Waals surface area (Å²) in [7, 11) is 3.19. The van der Waals surface area contributed by atoms with Crippen LogP contribution in [0.5, 0.6) is 0 Å². The van der Waals surface area contributed by atoms with E-state index in [0.717, 1.165) is 0 Å². The van der Waals surface area contributed by atoms with Crippen LogP contribution < -0.4 is 0 Å². The number of rotatable bonds is 20. The molecule has 0 radical (unpaired) electrons. The van der Waals surface area contributed by atoms with Crippen LogP contribution >= 0.6 is 0 Å². The summed E-state index contributed by atoms with van der Waals surface area (Å²) in [5, 5.41) is 36.7. The highest BCUT2D eigenvalue weighted by Gasteiger charge is 2.27. The molecule has 13 nitrogen and oxygen atoms in total. The Morgan fingerprint density at radius 3 is 1.52 bits per heavy atom. The first-order chi connectivity index (χ1) is 15.3. The summed E-state index contributed by atoms with van der Waals surface area (Å²) < 4.78 is 0. The maximum absolute atomic E-state index is 11.9. The molecule has 0 aliphatic heterocycles. The molecule has 0 aliphatic rings. The van der Waals surface area contributed by atoms with Gasteiger partial charge in [-0.05, 0) is 27.4 Å². The molecule has 0 bridgehead atoms. The van der Waals surface area contributed by atoms with Gasteiger partial charge in [-0.25, -0.2) is 0 Å². The highest BCUT2D eigenvalue weighted by molar-refractivity contribution is 5.78. The molecule has 0 aromatic rings. The number of carbonyl (C=O) groups is 5. The monoisotopic (exact) mass is 476 g/mol. The number of ketones is 1. The maximum Gasteiger partial charge on any atom is 0.320 e. The van der Waals surface area contributed by atoms with Crippen molar-refractivity contribution < 1.29 is 44.4 Å². The number of hydrogen-bond donors (Lipinski definition) is 4. The van der Waals surface area contributed by atoms with Crippen LogP contribution in [0.25, 0.3) is 0 Å². The van der Waals surface area contributed by atoms with E-state index in [-0.39, 0.29) is 71.0 Å². The first-order valence-electron chi connectivity index (χ1n) is 10.5. The molecule has 33 heavy (non-hydrogen) atoms. The van der Waals surface area contributed by atoms with Crippen molar-refractivity contribution >= 4 is 29.7 Å². The lowest BCUT2D eigenvalue weighted by atomic mass is 10.1. The Hall–Kier alpha value is -2.61. The van der Waals surface area contributed by atoms with Gasteiger partial charge in [-0.1, -0.05) is 0 Å². The standard InChI is InChI=1S/C20H36N4O9/c1-15(25)4-5-16(20(32)33)24(10-7-22(3)13-18(28)29)11-9-23(14-19(30)31)8-6-21(2)12-17(26)27/h16H,4-14H2,1-3H3,(H,26,27)(H,28,29)(H,30,31)(H,32,33). The summed E-state index contributed by atoms with van der Waals surface area (Å²) in [6.07, 6.45) is 0.144. The van der Waals surface area contributed by atoms with Gasteiger partial charge in [0.25, 0.3) is 0 Å². The first kappa shape index (κ1) is 30.4. The molecule has 0 amide bonds. The third kappa shape index (κ3) is 15.8. The normalized spacial score (nSPS) is 12.5. The average molecular weight is 477 g/mol. The van der Waals surface area contributed by atoms with Gasteiger partial charge in [-0.3, -0.25) is 38.8 Å². The van der Waals surface area contributed by atoms with E-state index in [9.17, 15) is 34.2 Å². The molecule has 0 aromatic carbocycles. The average Bonchev–Trinajstić information content (AvgIpc) is 2.65. The third-order valence-electron chi connectivity index (χ3n) is 4.94. The van der Waals surface area contributed by atoms with Gasteiger partial charge in [0.2, 0.25) is 0 Å². The van der Waals surface area contributed by atoms with Crippen LogP contribution in [0.4, 0.5) is 0 Å². The third-order valence-corrected chi connectivity index (χ3v) is 4.94. The van der Waals surface area contributed by atoms with Gasteiger partial charge < -0.3 is 25.2 Å². The molecular formula is C20H36N4O9. The van der Waals surface area contributed by atoms with E-state index in [1.807, 2.05) is 0 Å². The van der Waals surface area contributed by atoms with Crippen molar-refractivity contribution in [1.82, 2.24) is 19.6 Å². The van der Waals surface area contributed by atoms with Crippen molar-refractivity contribution in [2.45, 2.75) is 25.8 Å². The lowest BCUT2D eigenvalue weighted by molar-refractivity contribution is -0.145. The molecule has 0 spiro atoms. The number of carboxylic acid groups (broad SMARTS) is 4. The Kier molecular flexibility index (Phi) is 14.8. The van der Waals surface area contributed by atoms with Gasteiger partial charge in [0.05, 0.1) is 19.6 Å². The second kappa shape index (κ2) is 16.1. The molecule has 1 unspecified atom stereocenters. The number of likely N-dealkylation sites (N-methyl/N-ethyl adjacent to an activating group) is 2. The van der Waals surface area contributed by atoms with Gasteiger partial charge in [-0.2, -0.15) is 0 Å². The summed E-state index contributed by atoms with van der Waals surface area (Å²) in [6, 6.07) is -0.992. The molecule has 4 N–H and O–H groups in total. The highest BCUT2D eigenvalue weighted by Crippen LogP contribution is 2.10. The molecule has 0 fully saturated rings. The van der Waals surface area contributed by atoms with Gasteiger partial charge in [0.15, 0.2) is 0 Å². The van der Waals surface area contributed by atoms with Gasteiger partial charge >= 0.3 is 23.9 Å². The molecule has 13 heteroatoms. The number of aliphatic carboxylic acids is 4. The molecule has 1 atom stereocenters. The molecule has 0 heterocycles. The Morgan fingerprint density at radius 1 is 0.667 bits per heavy atom. The molecule has 0 saturated carbocycles. The fourth-order valence-electron chi connectivity index (χ4n) is 3.19. The number of carbonyl (C=O) groups excluding carboxylic acids is 1. The van der Waals surface area contributed by atoms with Crippen molar-refractivity contribution in [3.8, 4) is 0 Å². The van der Waals surface area contributed by atoms with Crippen molar-refractivity contribution in [3.05, 3.63) is 0 Å². The van der Waals surface area contributed by atoms with Gasteiger partial charge in [0, 0.05) is 45.7 Å². The van der Waals surface area contributed by atoms with Gasteiger partial charge in [0.1, 0.15) is 11.8 Å². The van der Waals surface area contributed by atoms with E-state index in [1.54, 1.807) is 23.9 Å². The van der Waals surface area contributed by atoms with Crippen molar-refractivity contribution in [2.24, 2.45) is 0 Å². The predicted octanol–water partition coefficient (Wildman–Crippen LogP) is -1.47. The van der Waals surface area contributed by atoms with E-state index in [2.05, 4.69) is 0 Å². The summed E-state index contributed by atoms with van der Waals surface area (Å²) in [5.41, 5.74) is 0. The van der Waals surface area contributed by atoms with Crippen molar-refractivity contribution in [1.29, 1.82) is 0 Å². The topological polar surface area (TPSA) is 179 Å². The van der Waals surface area contributed by atoms with E-state index in [0.29, 0.717) is 6.54 Å². The number of carboxylic acids is 4. The van der Waals surface area contributed by atoms with Crippen LogP contribution in [0.3, 0.4) is 0 Å². The predicted molar refractivity (Wildman–Crippen MR) is 117 cm³/mol. The minimum Gasteiger partial charge on any atom is -0.480 e. The minimum atomic E-state index is -1.12. The number of hydrogen-bond acceptors (Lipinski definition) is 9. The van der Waals surface area contributed by atoms with E-state index in [1.165, 1.54) is 16.7 Å². The Labute approximate surface area is 193 Å². The zero-order valence-electron chi connectivity index (χ0n) is 19.5. The zero-order chi connectivity index (χ0) is 25.6. The van der Waals surface area contributed by atoms with Crippen molar-refractivity contribution in [2.75, 3.05) is 73.0 Å². The summed E-state index contributed by atoms with van der Waals surface area (Å²) in [5.74, 6) is -4.38. The van der Waals surface area contributed by atoms with E-state index < -0.39 is 29.9 Å². The quantitative estimate of drug-likeness (QED) is 0.160. The second-order valence-corrected chi connectivity index (χ2v) is 8.06. The second-order valence-electron chi connectivity index (χ2n) is 8.06. The van der Waals surface area contributed by atoms with Gasteiger partial charge in [-0.15, -0.1) is 0 Å². The van der Waals surface area contributed by atoms with E-state index in [4.69, 9.17) is 10.2 Å². The fourth-order valence-corrected chi connectivity index (χ4v) is 3.19. The summed E-state index contributed by atoms with van der Waals surface area (Å²) >= 11 is 0. The molecule has 0 aromatic heterocycles. The van der Waals surface area contributed by atoms with Crippen LogP contribution in [0.2, 0.25) is 0 Å². The number of nitrogens with zero attached hydrogens (tertiary/aromatic N) is 4. The Morgan fingerprint density at radius 2 is 1.09 bits per heavy atom. The maximum atomic E-state index is 11.9. The molecule has 0 saturated heterocycles. The fraction of sp³-hybridized carbons (Fsp3) is 0.750. The Balaban J connectivity index is 5.31. The SMILES string of the molecule is CC(=O)CCC(C(=O)O)N(CCN(C)CC(=O)O)CCN(CCN(C)CC(=O)O)CC(=O)O. The molecule has 190 valence electrons. The van der Waals surface area contributed by atoms with Crippen LogP contribution in [0.1, 0.15) is 19.8 Å². The number of Topliss-reactive ketones (excluding diaryl/α,β-unsaturated/α-hetero) is 1. The van der Waals surface area contributed by atoms with Crippen LogP contribution in [0.15, 0.2) is 0 Å². The largest absolute Gasteiger partial charge is 0.480 e. The van der Waals surface area contributed by atoms with Crippen LogP contribution in [-0.4, -0.2) is 149 Å². The molecule has 0 aliphatic carbocycles. The minimum absolute atomic E-state index is 0.0667. The lowest BCUT2D eigenvalue weighted by Gasteiger charge is -2.32. The highest BCUT2D eigenvalue weighted by atomic mass is 16.4. The van der Waals surface area contributed by atoms with Crippen LogP contribution in [-0.2, 0) is 24.0 Å². The van der Waals surface area contributed by atoms with E-state index >= 15 is 0 Å². The van der Waals surface area contributed by atoms with Crippen LogP contribution in [0, 0.1) is 0 Å². The Bertz CT molecular complexity index is 674.